The second-order valence-corrected chi connectivity index (χ2v) is 5.79. The maximum Gasteiger partial charge on any atom is 0.137 e. The lowest BCUT2D eigenvalue weighted by Crippen LogP contribution is -2.00. The molecule has 0 saturated carbocycles. The first kappa shape index (κ1) is 12.7. The van der Waals surface area contributed by atoms with Crippen molar-refractivity contribution in [2.75, 3.05) is 5.32 Å². The normalized spacial score (nSPS) is 10.8. The lowest BCUT2D eigenvalue weighted by atomic mass is 10.2. The van der Waals surface area contributed by atoms with Crippen molar-refractivity contribution in [2.24, 2.45) is 0 Å². The van der Waals surface area contributed by atoms with Crippen molar-refractivity contribution in [3.8, 4) is 0 Å². The van der Waals surface area contributed by atoms with Crippen LogP contribution in [0.25, 0.3) is 11.0 Å². The first-order valence-electron chi connectivity index (χ1n) is 5.84. The molecular weight excluding hydrogens is 373 g/mol. The number of nitrogens with one attached hydrogen (secondary N) is 2. The minimum atomic E-state index is 0.753. The molecule has 0 unspecified atom stereocenters. The predicted molar refractivity (Wildman–Crippen MR) is 87.6 cm³/mol. The molecule has 0 bridgehead atoms. The summed E-state index contributed by atoms with van der Waals surface area (Å²) in [5.74, 6) is 0. The van der Waals surface area contributed by atoms with Crippen molar-refractivity contribution < 1.29 is 0 Å². The van der Waals surface area contributed by atoms with E-state index in [9.17, 15) is 0 Å². The molecule has 0 aliphatic rings. The zero-order valence-corrected chi connectivity index (χ0v) is 12.9. The molecule has 2 heterocycles. The first-order valence-corrected chi connectivity index (χ1v) is 7.29. The second kappa shape index (κ2) is 5.38. The van der Waals surface area contributed by atoms with Gasteiger partial charge in [0.25, 0.3) is 0 Å². The van der Waals surface area contributed by atoms with Crippen LogP contribution in [0.5, 0.6) is 0 Å². The van der Waals surface area contributed by atoms with Crippen molar-refractivity contribution >= 4 is 50.9 Å². The number of aromatic nitrogens is 2. The van der Waals surface area contributed by atoms with Crippen LogP contribution in [-0.4, -0.2) is 9.97 Å². The number of hydrogen-bond acceptors (Lipinski definition) is 2. The van der Waals surface area contributed by atoms with Gasteiger partial charge in [-0.15, -0.1) is 0 Å². The summed E-state index contributed by atoms with van der Waals surface area (Å²) in [5.41, 5.74) is 3.21. The summed E-state index contributed by atoms with van der Waals surface area (Å²) in [6.45, 7) is 0.753. The fourth-order valence-electron chi connectivity index (χ4n) is 1.98. The van der Waals surface area contributed by atoms with E-state index in [4.69, 9.17) is 11.6 Å². The Morgan fingerprint density at radius 1 is 1.32 bits per heavy atom. The van der Waals surface area contributed by atoms with Gasteiger partial charge in [0.2, 0.25) is 0 Å². The number of halogens is 2. The molecule has 0 fully saturated rings. The second-order valence-electron chi connectivity index (χ2n) is 4.19. The van der Waals surface area contributed by atoms with E-state index in [1.807, 2.05) is 30.5 Å². The molecule has 0 spiro atoms. The van der Waals surface area contributed by atoms with E-state index in [2.05, 4.69) is 43.9 Å². The number of anilines is 1. The van der Waals surface area contributed by atoms with E-state index in [1.54, 1.807) is 6.20 Å². The van der Waals surface area contributed by atoms with Gasteiger partial charge in [-0.05, 0) is 58.5 Å². The van der Waals surface area contributed by atoms with Crippen LogP contribution in [0.1, 0.15) is 5.56 Å². The van der Waals surface area contributed by atoms with Gasteiger partial charge in [0, 0.05) is 38.6 Å². The Morgan fingerprint density at radius 2 is 2.21 bits per heavy atom. The smallest absolute Gasteiger partial charge is 0.137 e. The third-order valence-electron chi connectivity index (χ3n) is 2.94. The Morgan fingerprint density at radius 3 is 3.05 bits per heavy atom. The molecule has 3 nitrogen and oxygen atoms in total. The molecule has 0 saturated heterocycles. The van der Waals surface area contributed by atoms with Crippen molar-refractivity contribution in [1.29, 1.82) is 0 Å². The van der Waals surface area contributed by atoms with Crippen LogP contribution in [0, 0.1) is 3.57 Å². The maximum atomic E-state index is 5.95. The van der Waals surface area contributed by atoms with Gasteiger partial charge in [-0.25, -0.2) is 4.98 Å². The average molecular weight is 384 g/mol. The van der Waals surface area contributed by atoms with Gasteiger partial charge in [-0.3, -0.25) is 0 Å². The van der Waals surface area contributed by atoms with Crippen molar-refractivity contribution in [3.05, 3.63) is 56.9 Å². The lowest BCUT2D eigenvalue weighted by molar-refractivity contribution is 1.16. The first-order chi connectivity index (χ1) is 9.24. The van der Waals surface area contributed by atoms with E-state index in [1.165, 1.54) is 5.56 Å². The number of rotatable bonds is 3. The summed E-state index contributed by atoms with van der Waals surface area (Å²) in [6.07, 6.45) is 3.78. The molecule has 3 rings (SSSR count). The number of aromatic amines is 1. The standard InChI is InChI=1S/C14H11ClIN3/c15-10-3-4-13(12(16)6-10)18-7-9-8-19-14-11(9)2-1-5-17-14/h1-6,8,18H,7H2,(H,17,19). The minimum absolute atomic E-state index is 0.753. The van der Waals surface area contributed by atoms with Crippen LogP contribution in [0.4, 0.5) is 5.69 Å². The Kier molecular flexibility index (Phi) is 3.61. The number of nitrogens with zero attached hydrogens (tertiary/aromatic N) is 1. The molecule has 1 aromatic carbocycles. The van der Waals surface area contributed by atoms with Gasteiger partial charge in [-0.1, -0.05) is 11.6 Å². The van der Waals surface area contributed by atoms with Crippen LogP contribution in [-0.2, 0) is 6.54 Å². The summed E-state index contributed by atoms with van der Waals surface area (Å²) in [5, 5.41) is 5.33. The Labute approximate surface area is 129 Å². The zero-order valence-electron chi connectivity index (χ0n) is 9.95. The van der Waals surface area contributed by atoms with Crippen molar-refractivity contribution in [2.45, 2.75) is 6.54 Å². The average Bonchev–Trinajstić information content (AvgIpc) is 2.81. The molecule has 2 N–H and O–H groups in total. The summed E-state index contributed by atoms with van der Waals surface area (Å²) in [6, 6.07) is 9.86. The zero-order chi connectivity index (χ0) is 13.2. The summed E-state index contributed by atoms with van der Waals surface area (Å²) in [4.78, 5) is 7.46. The van der Waals surface area contributed by atoms with E-state index in [-0.39, 0.29) is 0 Å². The van der Waals surface area contributed by atoms with Gasteiger partial charge in [0.05, 0.1) is 0 Å². The molecule has 2 aromatic heterocycles. The molecular formula is C14H11ClIN3. The number of hydrogen-bond donors (Lipinski definition) is 2. The highest BCUT2D eigenvalue weighted by atomic mass is 127. The molecule has 5 heteroatoms. The highest BCUT2D eigenvalue weighted by Crippen LogP contribution is 2.24. The molecule has 0 amide bonds. The monoisotopic (exact) mass is 383 g/mol. The van der Waals surface area contributed by atoms with Crippen LogP contribution < -0.4 is 5.32 Å². The number of H-pyrrole nitrogens is 1. The highest BCUT2D eigenvalue weighted by molar-refractivity contribution is 14.1. The molecule has 0 atom stereocenters. The Hall–Kier alpha value is -1.27. The fourth-order valence-corrected chi connectivity index (χ4v) is 3.04. The van der Waals surface area contributed by atoms with Crippen molar-refractivity contribution in [3.63, 3.8) is 0 Å². The molecule has 0 aliphatic heterocycles. The van der Waals surface area contributed by atoms with Crippen LogP contribution in [0.2, 0.25) is 5.02 Å². The Bertz CT molecular complexity index is 724. The topological polar surface area (TPSA) is 40.7 Å². The van der Waals surface area contributed by atoms with Crippen LogP contribution in [0.15, 0.2) is 42.7 Å². The summed E-state index contributed by atoms with van der Waals surface area (Å²) < 4.78 is 1.11. The molecule has 0 aliphatic carbocycles. The SMILES string of the molecule is Clc1ccc(NCc2c[nH]c3ncccc23)c(I)c1. The summed E-state index contributed by atoms with van der Waals surface area (Å²) >= 11 is 8.23. The number of fused-ring (bicyclic) bond motifs is 1. The molecule has 0 radical (unpaired) electrons. The molecule has 3 aromatic rings. The van der Waals surface area contributed by atoms with E-state index < -0.39 is 0 Å². The quantitative estimate of drug-likeness (QED) is 0.657. The largest absolute Gasteiger partial charge is 0.380 e. The van der Waals surface area contributed by atoms with Crippen molar-refractivity contribution in [1.82, 2.24) is 9.97 Å². The maximum absolute atomic E-state index is 5.95. The third kappa shape index (κ3) is 2.69. The molecule has 19 heavy (non-hydrogen) atoms. The predicted octanol–water partition coefficient (Wildman–Crippen LogP) is 4.43. The van der Waals surface area contributed by atoms with Crippen LogP contribution in [0.3, 0.4) is 0 Å². The van der Waals surface area contributed by atoms with Gasteiger partial charge < -0.3 is 10.3 Å². The number of benzene rings is 1. The summed E-state index contributed by atoms with van der Waals surface area (Å²) in [7, 11) is 0. The third-order valence-corrected chi connectivity index (χ3v) is 4.06. The van der Waals surface area contributed by atoms with E-state index >= 15 is 0 Å². The van der Waals surface area contributed by atoms with Gasteiger partial charge in [0.1, 0.15) is 5.65 Å². The van der Waals surface area contributed by atoms with Gasteiger partial charge in [0.15, 0.2) is 0 Å². The minimum Gasteiger partial charge on any atom is -0.380 e. The van der Waals surface area contributed by atoms with Crippen LogP contribution >= 0.6 is 34.2 Å². The molecule has 96 valence electrons. The van der Waals surface area contributed by atoms with E-state index in [0.29, 0.717) is 0 Å². The highest BCUT2D eigenvalue weighted by Gasteiger charge is 2.05. The fraction of sp³-hybridized carbons (Fsp3) is 0.0714. The van der Waals surface area contributed by atoms with Gasteiger partial charge in [-0.2, -0.15) is 0 Å². The van der Waals surface area contributed by atoms with Gasteiger partial charge >= 0.3 is 0 Å². The number of pyridine rings is 1. The lowest BCUT2D eigenvalue weighted by Gasteiger charge is -2.08. The Balaban J connectivity index is 1.82. The van der Waals surface area contributed by atoms with E-state index in [0.717, 1.165) is 31.9 Å².